The number of nitrogens with zero attached hydrogens (tertiary/aromatic N) is 2. The Labute approximate surface area is 96.0 Å². The molecular formula is C11H20N2O3. The van der Waals surface area contributed by atoms with Gasteiger partial charge in [-0.15, -0.1) is 0 Å². The summed E-state index contributed by atoms with van der Waals surface area (Å²) in [5.74, 6) is 0. The van der Waals surface area contributed by atoms with Gasteiger partial charge < -0.3 is 9.84 Å². The van der Waals surface area contributed by atoms with E-state index in [9.17, 15) is 9.90 Å². The fraction of sp³-hybridized carbons (Fsp3) is 0.909. The minimum atomic E-state index is -0.281. The van der Waals surface area contributed by atoms with Crippen LogP contribution in [0.5, 0.6) is 0 Å². The molecule has 2 rings (SSSR count). The Morgan fingerprint density at radius 2 is 2.31 bits per heavy atom. The smallest absolute Gasteiger partial charge is 0.411 e. The summed E-state index contributed by atoms with van der Waals surface area (Å²) in [7, 11) is 0. The Hall–Kier alpha value is -0.810. The first-order chi connectivity index (χ1) is 7.65. The van der Waals surface area contributed by atoms with E-state index in [4.69, 9.17) is 4.74 Å². The molecule has 0 aromatic heterocycles. The molecule has 0 aliphatic carbocycles. The number of carbonyl (C=O) groups is 1. The summed E-state index contributed by atoms with van der Waals surface area (Å²) >= 11 is 0. The normalized spacial score (nSPS) is 31.5. The number of aliphatic hydroxyl groups excluding tert-OH is 1. The number of rotatable bonds is 3. The number of carbonyl (C=O) groups excluding carboxylic acids is 1. The quantitative estimate of drug-likeness (QED) is 0.769. The molecule has 1 N–H and O–H groups in total. The van der Waals surface area contributed by atoms with Gasteiger partial charge in [-0.1, -0.05) is 0 Å². The van der Waals surface area contributed by atoms with E-state index in [0.717, 1.165) is 19.4 Å². The number of hydrogen-bond acceptors (Lipinski definition) is 4. The topological polar surface area (TPSA) is 53.0 Å². The first kappa shape index (κ1) is 11.7. The third kappa shape index (κ3) is 1.89. The predicted molar refractivity (Wildman–Crippen MR) is 58.9 cm³/mol. The van der Waals surface area contributed by atoms with Gasteiger partial charge in [-0.05, 0) is 26.7 Å². The Morgan fingerprint density at radius 1 is 1.56 bits per heavy atom. The van der Waals surface area contributed by atoms with Crippen molar-refractivity contribution >= 4 is 6.09 Å². The minimum Gasteiger partial charge on any atom is -0.447 e. The summed E-state index contributed by atoms with van der Waals surface area (Å²) in [5.41, 5.74) is 0. The van der Waals surface area contributed by atoms with Crippen LogP contribution in [0.15, 0.2) is 0 Å². The monoisotopic (exact) mass is 228 g/mol. The molecule has 0 aromatic rings. The summed E-state index contributed by atoms with van der Waals surface area (Å²) in [6, 6.07) is 0.247. The zero-order valence-corrected chi connectivity index (χ0v) is 9.93. The lowest BCUT2D eigenvalue weighted by molar-refractivity contribution is 0.0492. The molecular weight excluding hydrogens is 208 g/mol. The SMILES string of the molecule is CC(C)N1CCCC1N1C(=O)OCC1CO. The second-order valence-corrected chi connectivity index (χ2v) is 4.78. The van der Waals surface area contributed by atoms with Crippen LogP contribution in [0.4, 0.5) is 4.79 Å². The van der Waals surface area contributed by atoms with Crippen molar-refractivity contribution in [3.63, 3.8) is 0 Å². The van der Waals surface area contributed by atoms with Gasteiger partial charge in [0.15, 0.2) is 0 Å². The largest absolute Gasteiger partial charge is 0.447 e. The third-order valence-corrected chi connectivity index (χ3v) is 3.46. The summed E-state index contributed by atoms with van der Waals surface area (Å²) < 4.78 is 5.01. The van der Waals surface area contributed by atoms with Crippen molar-refractivity contribution in [1.82, 2.24) is 9.80 Å². The summed E-state index contributed by atoms with van der Waals surface area (Å²) in [4.78, 5) is 15.7. The van der Waals surface area contributed by atoms with E-state index >= 15 is 0 Å². The molecule has 2 aliphatic rings. The fourth-order valence-corrected chi connectivity index (χ4v) is 2.65. The van der Waals surface area contributed by atoms with Crippen LogP contribution in [0.25, 0.3) is 0 Å². The first-order valence-electron chi connectivity index (χ1n) is 5.97. The maximum atomic E-state index is 11.7. The lowest BCUT2D eigenvalue weighted by Gasteiger charge is -2.35. The molecule has 2 unspecified atom stereocenters. The number of likely N-dealkylation sites (tertiary alicyclic amines) is 1. The van der Waals surface area contributed by atoms with Crippen molar-refractivity contribution in [2.75, 3.05) is 19.8 Å². The fourth-order valence-electron chi connectivity index (χ4n) is 2.65. The molecule has 0 spiro atoms. The van der Waals surface area contributed by atoms with Crippen molar-refractivity contribution < 1.29 is 14.6 Å². The Kier molecular flexibility index (Phi) is 3.35. The molecule has 5 heteroatoms. The van der Waals surface area contributed by atoms with Gasteiger partial charge in [-0.3, -0.25) is 9.80 Å². The Balaban J connectivity index is 2.12. The average molecular weight is 228 g/mol. The van der Waals surface area contributed by atoms with Crippen molar-refractivity contribution in [2.45, 2.75) is 44.9 Å². The van der Waals surface area contributed by atoms with Gasteiger partial charge in [0.05, 0.1) is 18.8 Å². The third-order valence-electron chi connectivity index (χ3n) is 3.46. The molecule has 2 atom stereocenters. The Morgan fingerprint density at radius 3 is 2.94 bits per heavy atom. The average Bonchev–Trinajstić information content (AvgIpc) is 2.82. The highest BCUT2D eigenvalue weighted by Gasteiger charge is 2.42. The highest BCUT2D eigenvalue weighted by atomic mass is 16.6. The lowest BCUT2D eigenvalue weighted by Crippen LogP contribution is -2.52. The molecule has 16 heavy (non-hydrogen) atoms. The predicted octanol–water partition coefficient (Wildman–Crippen LogP) is 0.630. The van der Waals surface area contributed by atoms with Crippen LogP contribution in [0, 0.1) is 0 Å². The molecule has 0 saturated carbocycles. The molecule has 1 amide bonds. The van der Waals surface area contributed by atoms with Gasteiger partial charge in [-0.2, -0.15) is 0 Å². The van der Waals surface area contributed by atoms with Gasteiger partial charge >= 0.3 is 6.09 Å². The van der Waals surface area contributed by atoms with Crippen molar-refractivity contribution in [3.05, 3.63) is 0 Å². The maximum absolute atomic E-state index is 11.7. The van der Waals surface area contributed by atoms with Crippen LogP contribution in [-0.2, 0) is 4.74 Å². The van der Waals surface area contributed by atoms with Gasteiger partial charge in [-0.25, -0.2) is 4.79 Å². The molecule has 2 saturated heterocycles. The summed E-state index contributed by atoms with van der Waals surface area (Å²) in [5, 5.41) is 9.25. The molecule has 2 heterocycles. The number of amides is 1. The Bertz CT molecular complexity index is 270. The van der Waals surface area contributed by atoms with Gasteiger partial charge in [0.1, 0.15) is 6.61 Å². The second-order valence-electron chi connectivity index (χ2n) is 4.78. The van der Waals surface area contributed by atoms with Gasteiger partial charge in [0, 0.05) is 12.6 Å². The maximum Gasteiger partial charge on any atom is 0.411 e. The second kappa shape index (κ2) is 4.59. The van der Waals surface area contributed by atoms with Gasteiger partial charge in [0.25, 0.3) is 0 Å². The van der Waals surface area contributed by atoms with Crippen LogP contribution >= 0.6 is 0 Å². The number of ether oxygens (including phenoxy) is 1. The van der Waals surface area contributed by atoms with E-state index in [-0.39, 0.29) is 24.9 Å². The van der Waals surface area contributed by atoms with Crippen LogP contribution in [0.3, 0.4) is 0 Å². The standard InChI is InChI=1S/C11H20N2O3/c1-8(2)12-5-3-4-10(12)13-9(6-14)7-16-11(13)15/h8-10,14H,3-7H2,1-2H3. The molecule has 5 nitrogen and oxygen atoms in total. The van der Waals surface area contributed by atoms with Gasteiger partial charge in [0.2, 0.25) is 0 Å². The zero-order valence-electron chi connectivity index (χ0n) is 9.93. The van der Waals surface area contributed by atoms with Crippen molar-refractivity contribution in [3.8, 4) is 0 Å². The van der Waals surface area contributed by atoms with Crippen LogP contribution in [0.2, 0.25) is 0 Å². The first-order valence-corrected chi connectivity index (χ1v) is 5.97. The molecule has 2 fully saturated rings. The summed E-state index contributed by atoms with van der Waals surface area (Å²) in [6.07, 6.45) is 1.90. The van der Waals surface area contributed by atoms with E-state index in [0.29, 0.717) is 12.6 Å². The number of hydrogen-bond donors (Lipinski definition) is 1. The van der Waals surface area contributed by atoms with E-state index in [1.54, 1.807) is 4.90 Å². The highest BCUT2D eigenvalue weighted by Crippen LogP contribution is 2.27. The van der Waals surface area contributed by atoms with Crippen LogP contribution in [0.1, 0.15) is 26.7 Å². The van der Waals surface area contributed by atoms with E-state index < -0.39 is 0 Å². The zero-order chi connectivity index (χ0) is 11.7. The van der Waals surface area contributed by atoms with E-state index in [2.05, 4.69) is 18.7 Å². The van der Waals surface area contributed by atoms with Crippen molar-refractivity contribution in [2.24, 2.45) is 0 Å². The van der Waals surface area contributed by atoms with Crippen LogP contribution in [-0.4, -0.2) is 59.0 Å². The molecule has 0 radical (unpaired) electrons. The number of aliphatic hydroxyl groups is 1. The molecule has 2 aliphatic heterocycles. The minimum absolute atomic E-state index is 0.0197. The van der Waals surface area contributed by atoms with Crippen LogP contribution < -0.4 is 0 Å². The van der Waals surface area contributed by atoms with Crippen molar-refractivity contribution in [1.29, 1.82) is 0 Å². The molecule has 0 bridgehead atoms. The lowest BCUT2D eigenvalue weighted by atomic mass is 10.2. The highest BCUT2D eigenvalue weighted by molar-refractivity contribution is 5.70. The van der Waals surface area contributed by atoms with E-state index in [1.807, 2.05) is 0 Å². The molecule has 92 valence electrons. The van der Waals surface area contributed by atoms with E-state index in [1.165, 1.54) is 0 Å². The molecule has 0 aromatic carbocycles. The summed E-state index contributed by atoms with van der Waals surface area (Å²) in [6.45, 7) is 5.58. The number of cyclic esters (lactones) is 1.